The molecule has 2 aliphatic rings. The van der Waals surface area contributed by atoms with Crippen LogP contribution in [0.4, 0.5) is 5.69 Å². The van der Waals surface area contributed by atoms with E-state index < -0.39 is 11.9 Å². The lowest BCUT2D eigenvalue weighted by Gasteiger charge is -2.32. The molecule has 0 N–H and O–H groups in total. The number of rotatable bonds is 4. The Labute approximate surface area is 298 Å². The minimum Gasteiger partial charge on any atom is -0.386 e. The molecule has 0 saturated heterocycles. The van der Waals surface area contributed by atoms with Gasteiger partial charge in [-0.25, -0.2) is 14.5 Å². The minimum atomic E-state index is -0.640. The second kappa shape index (κ2) is 10.6. The van der Waals surface area contributed by atoms with Crippen molar-refractivity contribution < 1.29 is 23.9 Å². The standard InChI is InChI=1S/C46H31NO5/c1-22(2)24-8-5-9-25(23(3)4)42(24)47-43(48)34-19-17-32-30-12-6-10-28-26(14-16-31(38(28)30)33-18-20-35(44(47)49)41(34)40(32)33)27-15-21-37-39-29(27)11-7-13-36(39)45(50)52-46(37)51/h5-23H,1-4H3. The van der Waals surface area contributed by atoms with E-state index in [0.717, 1.165) is 65.3 Å². The zero-order valence-electron chi connectivity index (χ0n) is 29.0. The summed E-state index contributed by atoms with van der Waals surface area (Å²) < 4.78 is 5.01. The topological polar surface area (TPSA) is 80.8 Å². The summed E-state index contributed by atoms with van der Waals surface area (Å²) in [4.78, 5) is 56.0. The maximum absolute atomic E-state index is 14.6. The Morgan fingerprint density at radius 2 is 0.827 bits per heavy atom. The van der Waals surface area contributed by atoms with E-state index >= 15 is 0 Å². The highest BCUT2D eigenvalue weighted by atomic mass is 16.6. The largest absolute Gasteiger partial charge is 0.386 e. The molecule has 0 atom stereocenters. The number of amides is 2. The summed E-state index contributed by atoms with van der Waals surface area (Å²) in [7, 11) is 0. The van der Waals surface area contributed by atoms with Gasteiger partial charge >= 0.3 is 11.9 Å². The van der Waals surface area contributed by atoms with Crippen molar-refractivity contribution in [3.63, 3.8) is 0 Å². The summed E-state index contributed by atoms with van der Waals surface area (Å²) in [5.41, 5.74) is 6.31. The van der Waals surface area contributed by atoms with Crippen molar-refractivity contribution in [1.29, 1.82) is 0 Å². The number of cyclic esters (lactones) is 2. The SMILES string of the molecule is CC(C)c1cccc(C(C)C)c1N1C(=O)c2ccc3c4cccc5c(-c6ccc7c8c(cccc68)C(=O)OC7=O)ccc(c6ccc(c2c36)C1=O)c54. The summed E-state index contributed by atoms with van der Waals surface area (Å²) in [6.45, 7) is 8.36. The van der Waals surface area contributed by atoms with E-state index in [-0.39, 0.29) is 23.7 Å². The van der Waals surface area contributed by atoms with Crippen LogP contribution < -0.4 is 4.90 Å². The van der Waals surface area contributed by atoms with Crippen LogP contribution in [-0.2, 0) is 4.74 Å². The predicted molar refractivity (Wildman–Crippen MR) is 206 cm³/mol. The Morgan fingerprint density at radius 1 is 0.404 bits per heavy atom. The van der Waals surface area contributed by atoms with Crippen LogP contribution in [0.3, 0.4) is 0 Å². The summed E-state index contributed by atoms with van der Waals surface area (Å²) in [6, 6.07) is 33.4. The average molecular weight is 678 g/mol. The maximum atomic E-state index is 14.6. The van der Waals surface area contributed by atoms with E-state index in [0.29, 0.717) is 38.7 Å². The normalized spacial score (nSPS) is 14.4. The molecule has 8 aromatic carbocycles. The van der Waals surface area contributed by atoms with Crippen LogP contribution in [0.15, 0.2) is 103 Å². The Morgan fingerprint density at radius 3 is 1.42 bits per heavy atom. The molecule has 6 heteroatoms. The van der Waals surface area contributed by atoms with Gasteiger partial charge in [0.1, 0.15) is 0 Å². The molecule has 250 valence electrons. The number of para-hydroxylation sites is 1. The van der Waals surface area contributed by atoms with Crippen LogP contribution in [-0.4, -0.2) is 23.8 Å². The lowest BCUT2D eigenvalue weighted by molar-refractivity contribution is 0.0390. The molecule has 0 radical (unpaired) electrons. The highest BCUT2D eigenvalue weighted by molar-refractivity contribution is 6.43. The van der Waals surface area contributed by atoms with E-state index in [2.05, 4.69) is 52.0 Å². The van der Waals surface area contributed by atoms with Crippen LogP contribution in [0.5, 0.6) is 0 Å². The lowest BCUT2D eigenvalue weighted by atomic mass is 9.82. The molecular weight excluding hydrogens is 647 g/mol. The first kappa shape index (κ1) is 30.4. The first-order chi connectivity index (χ1) is 25.2. The Bertz CT molecular complexity index is 2850. The maximum Gasteiger partial charge on any atom is 0.346 e. The summed E-state index contributed by atoms with van der Waals surface area (Å²) in [6.07, 6.45) is 0. The van der Waals surface area contributed by atoms with Gasteiger partial charge in [-0.15, -0.1) is 0 Å². The Balaban J connectivity index is 1.23. The molecule has 0 unspecified atom stereocenters. The smallest absolute Gasteiger partial charge is 0.346 e. The minimum absolute atomic E-state index is 0.113. The van der Waals surface area contributed by atoms with E-state index in [1.165, 1.54) is 4.90 Å². The number of fused-ring (bicyclic) bond motifs is 2. The average Bonchev–Trinajstić information content (AvgIpc) is 3.14. The Kier molecular flexibility index (Phi) is 6.18. The van der Waals surface area contributed by atoms with Gasteiger partial charge in [-0.3, -0.25) is 9.59 Å². The van der Waals surface area contributed by atoms with Crippen molar-refractivity contribution in [2.75, 3.05) is 4.90 Å². The highest BCUT2D eigenvalue weighted by Crippen LogP contribution is 2.48. The number of hydrogen-bond donors (Lipinski definition) is 0. The van der Waals surface area contributed by atoms with Gasteiger partial charge in [0.2, 0.25) is 0 Å². The van der Waals surface area contributed by atoms with E-state index in [1.807, 2.05) is 66.7 Å². The van der Waals surface area contributed by atoms with Gasteiger partial charge < -0.3 is 4.74 Å². The number of benzene rings is 8. The Hall–Kier alpha value is -6.40. The number of anilines is 1. The lowest BCUT2D eigenvalue weighted by Crippen LogP contribution is -2.41. The highest BCUT2D eigenvalue weighted by Gasteiger charge is 2.38. The molecule has 6 nitrogen and oxygen atoms in total. The van der Waals surface area contributed by atoms with Gasteiger partial charge in [0.05, 0.1) is 16.8 Å². The van der Waals surface area contributed by atoms with Gasteiger partial charge in [0.25, 0.3) is 11.8 Å². The van der Waals surface area contributed by atoms with Crippen molar-refractivity contribution in [3.8, 4) is 11.1 Å². The van der Waals surface area contributed by atoms with E-state index in [1.54, 1.807) is 12.1 Å². The van der Waals surface area contributed by atoms with Gasteiger partial charge in [-0.1, -0.05) is 107 Å². The van der Waals surface area contributed by atoms with Crippen LogP contribution >= 0.6 is 0 Å². The molecule has 0 saturated carbocycles. The zero-order chi connectivity index (χ0) is 35.7. The summed E-state index contributed by atoms with van der Waals surface area (Å²) >= 11 is 0. The van der Waals surface area contributed by atoms with Crippen molar-refractivity contribution in [2.45, 2.75) is 39.5 Å². The molecule has 2 heterocycles. The van der Waals surface area contributed by atoms with Crippen LogP contribution in [0, 0.1) is 0 Å². The number of ether oxygens (including phenoxy) is 1. The zero-order valence-corrected chi connectivity index (χ0v) is 29.0. The third-order valence-electron chi connectivity index (χ3n) is 11.2. The number of esters is 2. The first-order valence-corrected chi connectivity index (χ1v) is 17.7. The van der Waals surface area contributed by atoms with Crippen molar-refractivity contribution in [1.82, 2.24) is 0 Å². The van der Waals surface area contributed by atoms with Gasteiger partial charge in [-0.2, -0.15) is 0 Å². The summed E-state index contributed by atoms with van der Waals surface area (Å²) in [5, 5.41) is 9.06. The quantitative estimate of drug-likeness (QED) is 0.0609. The van der Waals surface area contributed by atoms with Gasteiger partial charge in [-0.05, 0) is 101 Å². The van der Waals surface area contributed by atoms with Crippen LogP contribution in [0.2, 0.25) is 0 Å². The molecule has 0 bridgehead atoms. The molecule has 10 rings (SSSR count). The molecular formula is C46H31NO5. The van der Waals surface area contributed by atoms with Crippen molar-refractivity contribution in [2.24, 2.45) is 0 Å². The monoisotopic (exact) mass is 677 g/mol. The van der Waals surface area contributed by atoms with Gasteiger partial charge in [0.15, 0.2) is 0 Å². The van der Waals surface area contributed by atoms with Crippen molar-refractivity contribution >= 4 is 83.3 Å². The molecule has 0 aromatic heterocycles. The van der Waals surface area contributed by atoms with Crippen molar-refractivity contribution in [3.05, 3.63) is 137 Å². The van der Waals surface area contributed by atoms with Gasteiger partial charge in [0, 0.05) is 21.9 Å². The fourth-order valence-electron chi connectivity index (χ4n) is 8.87. The number of hydrogen-bond acceptors (Lipinski definition) is 5. The number of imide groups is 1. The number of carbonyl (C=O) groups excluding carboxylic acids is 4. The molecule has 0 aliphatic carbocycles. The number of carbonyl (C=O) groups is 4. The van der Waals surface area contributed by atoms with Crippen LogP contribution in [0.1, 0.15) is 92.1 Å². The first-order valence-electron chi connectivity index (χ1n) is 17.7. The molecule has 0 fully saturated rings. The second-order valence-corrected chi connectivity index (χ2v) is 14.6. The van der Waals surface area contributed by atoms with E-state index in [9.17, 15) is 19.2 Å². The number of nitrogens with zero attached hydrogens (tertiary/aromatic N) is 1. The molecule has 8 aromatic rings. The molecule has 2 aliphatic heterocycles. The molecule has 52 heavy (non-hydrogen) atoms. The third-order valence-corrected chi connectivity index (χ3v) is 11.2. The van der Waals surface area contributed by atoms with Crippen LogP contribution in [0.25, 0.3) is 65.0 Å². The summed E-state index contributed by atoms with van der Waals surface area (Å²) in [5.74, 6) is -1.67. The third kappa shape index (κ3) is 3.84. The predicted octanol–water partition coefficient (Wildman–Crippen LogP) is 10.9. The molecule has 0 spiro atoms. The fourth-order valence-corrected chi connectivity index (χ4v) is 8.87. The molecule has 2 amide bonds. The van der Waals surface area contributed by atoms with E-state index in [4.69, 9.17) is 4.74 Å². The fraction of sp³-hybridized carbons (Fsp3) is 0.130. The second-order valence-electron chi connectivity index (χ2n) is 14.6.